The average molecular weight is 340 g/mol. The topological polar surface area (TPSA) is 92.8 Å². The molecule has 2 rings (SSSR count). The molecule has 23 heavy (non-hydrogen) atoms. The summed E-state index contributed by atoms with van der Waals surface area (Å²) in [6.07, 6.45) is -0.811. The maximum Gasteiger partial charge on any atom is 0.408 e. The maximum atomic E-state index is 12.1. The lowest BCUT2D eigenvalue weighted by Gasteiger charge is -2.17. The Balaban J connectivity index is 1.92. The minimum absolute atomic E-state index is 0.0116. The normalized spacial score (nSPS) is 19.9. The van der Waals surface area contributed by atoms with Gasteiger partial charge >= 0.3 is 6.09 Å². The number of hydrogen-bond donors (Lipinski definition) is 1. The van der Waals surface area contributed by atoms with Gasteiger partial charge in [0.05, 0.1) is 5.75 Å². The first-order valence-electron chi connectivity index (χ1n) is 7.31. The molecule has 0 bridgehead atoms. The van der Waals surface area contributed by atoms with Crippen molar-refractivity contribution in [3.8, 4) is 0 Å². The molecule has 0 aliphatic carbocycles. The van der Waals surface area contributed by atoms with Gasteiger partial charge in [-0.2, -0.15) is 0 Å². The van der Waals surface area contributed by atoms with Crippen molar-refractivity contribution in [2.75, 3.05) is 12.3 Å². The highest BCUT2D eigenvalue weighted by molar-refractivity contribution is 7.90. The first-order chi connectivity index (χ1) is 10.8. The van der Waals surface area contributed by atoms with E-state index in [1.165, 1.54) is 0 Å². The number of carbonyl (C=O) groups excluding carboxylic acids is 2. The Kier molecular flexibility index (Phi) is 5.25. The van der Waals surface area contributed by atoms with Gasteiger partial charge in [-0.1, -0.05) is 44.2 Å². The molecule has 2 amide bonds. The summed E-state index contributed by atoms with van der Waals surface area (Å²) >= 11 is 0. The van der Waals surface area contributed by atoms with Gasteiger partial charge in [0, 0.05) is 6.54 Å². The molecule has 1 aliphatic heterocycles. The molecule has 1 aromatic carbocycles. The van der Waals surface area contributed by atoms with Gasteiger partial charge in [-0.05, 0) is 11.5 Å². The van der Waals surface area contributed by atoms with E-state index in [0.717, 1.165) is 9.87 Å². The van der Waals surface area contributed by atoms with Crippen LogP contribution in [0.1, 0.15) is 19.4 Å². The van der Waals surface area contributed by atoms with Crippen LogP contribution in [-0.4, -0.2) is 43.1 Å². The number of benzene rings is 1. The van der Waals surface area contributed by atoms with Gasteiger partial charge < -0.3 is 10.1 Å². The fourth-order valence-corrected chi connectivity index (χ4v) is 3.98. The van der Waals surface area contributed by atoms with Crippen LogP contribution in [0, 0.1) is 5.92 Å². The monoisotopic (exact) mass is 340 g/mol. The van der Waals surface area contributed by atoms with Crippen LogP contribution in [0.15, 0.2) is 30.3 Å². The molecular weight excluding hydrogens is 320 g/mol. The van der Waals surface area contributed by atoms with Crippen LogP contribution in [-0.2, 0) is 26.2 Å². The molecular formula is C15H20N2O5S. The standard InChI is InChI=1S/C15H20N2O5S/c1-11(2)8-17-14(18)13(10-23(17,20)21)16-15(19)22-9-12-6-4-3-5-7-12/h3-7,11,13H,8-10H2,1-2H3,(H,16,19)/t13-/m0/s1. The zero-order chi connectivity index (χ0) is 17.0. The van der Waals surface area contributed by atoms with Crippen molar-refractivity contribution < 1.29 is 22.7 Å². The predicted molar refractivity (Wildman–Crippen MR) is 83.9 cm³/mol. The second-order valence-electron chi connectivity index (χ2n) is 5.80. The van der Waals surface area contributed by atoms with Crippen molar-refractivity contribution in [3.05, 3.63) is 35.9 Å². The van der Waals surface area contributed by atoms with E-state index in [-0.39, 0.29) is 19.1 Å². The number of ether oxygens (including phenoxy) is 1. The van der Waals surface area contributed by atoms with E-state index in [2.05, 4.69) is 5.32 Å². The number of rotatable bonds is 5. The van der Waals surface area contributed by atoms with Crippen LogP contribution in [0.25, 0.3) is 0 Å². The van der Waals surface area contributed by atoms with E-state index in [0.29, 0.717) is 0 Å². The highest BCUT2D eigenvalue weighted by Crippen LogP contribution is 2.18. The second kappa shape index (κ2) is 6.99. The number of nitrogens with zero attached hydrogens (tertiary/aromatic N) is 1. The summed E-state index contributed by atoms with van der Waals surface area (Å²) in [6.45, 7) is 3.80. The molecule has 0 saturated carbocycles. The van der Waals surface area contributed by atoms with E-state index in [1.54, 1.807) is 12.1 Å². The van der Waals surface area contributed by atoms with Gasteiger partial charge in [0.2, 0.25) is 10.0 Å². The average Bonchev–Trinajstić information content (AvgIpc) is 2.69. The van der Waals surface area contributed by atoms with Gasteiger partial charge in [0.15, 0.2) is 0 Å². The number of alkyl carbamates (subject to hydrolysis) is 1. The lowest BCUT2D eigenvalue weighted by atomic mass is 10.2. The Morgan fingerprint density at radius 3 is 2.61 bits per heavy atom. The van der Waals surface area contributed by atoms with Crippen molar-refractivity contribution >= 4 is 22.0 Å². The van der Waals surface area contributed by atoms with Gasteiger partial charge in [0.1, 0.15) is 12.6 Å². The van der Waals surface area contributed by atoms with Crippen molar-refractivity contribution in [2.24, 2.45) is 5.92 Å². The van der Waals surface area contributed by atoms with Crippen LogP contribution in [0.3, 0.4) is 0 Å². The summed E-state index contributed by atoms with van der Waals surface area (Å²) < 4.78 is 29.8. The molecule has 1 fully saturated rings. The third-order valence-electron chi connectivity index (χ3n) is 3.29. The zero-order valence-electron chi connectivity index (χ0n) is 13.1. The second-order valence-corrected chi connectivity index (χ2v) is 7.74. The summed E-state index contributed by atoms with van der Waals surface area (Å²) in [7, 11) is -3.68. The number of amides is 2. The van der Waals surface area contributed by atoms with Gasteiger partial charge in [-0.25, -0.2) is 17.5 Å². The molecule has 0 spiro atoms. The van der Waals surface area contributed by atoms with E-state index < -0.39 is 33.8 Å². The summed E-state index contributed by atoms with van der Waals surface area (Å²) in [5, 5.41) is 2.33. The predicted octanol–water partition coefficient (Wildman–Crippen LogP) is 1.11. The lowest BCUT2D eigenvalue weighted by Crippen LogP contribution is -2.43. The first-order valence-corrected chi connectivity index (χ1v) is 8.92. The number of carbonyl (C=O) groups is 2. The lowest BCUT2D eigenvalue weighted by molar-refractivity contribution is -0.127. The quantitative estimate of drug-likeness (QED) is 0.867. The third-order valence-corrected chi connectivity index (χ3v) is 5.05. The summed E-state index contributed by atoms with van der Waals surface area (Å²) in [5.74, 6) is -1.04. The van der Waals surface area contributed by atoms with Gasteiger partial charge in [-0.15, -0.1) is 0 Å². The van der Waals surface area contributed by atoms with Gasteiger partial charge in [-0.3, -0.25) is 4.79 Å². The number of hydrogen-bond acceptors (Lipinski definition) is 5. The minimum Gasteiger partial charge on any atom is -0.445 e. The Morgan fingerprint density at radius 2 is 2.00 bits per heavy atom. The molecule has 0 unspecified atom stereocenters. The Morgan fingerprint density at radius 1 is 1.35 bits per heavy atom. The number of nitrogens with one attached hydrogen (secondary N) is 1. The summed E-state index contributed by atoms with van der Waals surface area (Å²) in [4.78, 5) is 23.9. The Labute approximate surface area is 135 Å². The highest BCUT2D eigenvalue weighted by Gasteiger charge is 2.44. The molecule has 126 valence electrons. The smallest absolute Gasteiger partial charge is 0.408 e. The van der Waals surface area contributed by atoms with Crippen LogP contribution in [0.4, 0.5) is 4.79 Å². The van der Waals surface area contributed by atoms with Gasteiger partial charge in [0.25, 0.3) is 5.91 Å². The molecule has 1 heterocycles. The van der Waals surface area contributed by atoms with Crippen LogP contribution in [0.5, 0.6) is 0 Å². The first kappa shape index (κ1) is 17.3. The molecule has 1 atom stereocenters. The molecule has 1 aromatic rings. The van der Waals surface area contributed by atoms with Crippen molar-refractivity contribution in [2.45, 2.75) is 26.5 Å². The van der Waals surface area contributed by atoms with Crippen molar-refractivity contribution in [3.63, 3.8) is 0 Å². The molecule has 0 aromatic heterocycles. The molecule has 1 saturated heterocycles. The fraction of sp³-hybridized carbons (Fsp3) is 0.467. The van der Waals surface area contributed by atoms with Crippen molar-refractivity contribution in [1.82, 2.24) is 9.62 Å². The largest absolute Gasteiger partial charge is 0.445 e. The molecule has 7 nitrogen and oxygen atoms in total. The van der Waals surface area contributed by atoms with Crippen molar-refractivity contribution in [1.29, 1.82) is 0 Å². The molecule has 8 heteroatoms. The minimum atomic E-state index is -3.68. The number of sulfonamides is 1. The molecule has 0 radical (unpaired) electrons. The molecule has 1 N–H and O–H groups in total. The SMILES string of the molecule is CC(C)CN1C(=O)[C@@H](NC(=O)OCc2ccccc2)CS1(=O)=O. The molecule has 1 aliphatic rings. The van der Waals surface area contributed by atoms with E-state index in [9.17, 15) is 18.0 Å². The van der Waals surface area contributed by atoms with Crippen LogP contribution < -0.4 is 5.32 Å². The Hall–Kier alpha value is -2.09. The van der Waals surface area contributed by atoms with E-state index in [4.69, 9.17) is 4.74 Å². The Bertz CT molecular complexity index is 672. The van der Waals surface area contributed by atoms with Crippen LogP contribution >= 0.6 is 0 Å². The van der Waals surface area contributed by atoms with E-state index in [1.807, 2.05) is 32.0 Å². The maximum absolute atomic E-state index is 12.1. The van der Waals surface area contributed by atoms with E-state index >= 15 is 0 Å². The third kappa shape index (κ3) is 4.44. The highest BCUT2D eigenvalue weighted by atomic mass is 32.2. The fourth-order valence-electron chi connectivity index (χ4n) is 2.23. The summed E-state index contributed by atoms with van der Waals surface area (Å²) in [5.41, 5.74) is 0.800. The van der Waals surface area contributed by atoms with Crippen LogP contribution in [0.2, 0.25) is 0 Å². The zero-order valence-corrected chi connectivity index (χ0v) is 13.9. The summed E-state index contributed by atoms with van der Waals surface area (Å²) in [6, 6.07) is 7.96.